The van der Waals surface area contributed by atoms with Crippen LogP contribution in [0.2, 0.25) is 0 Å². The highest BCUT2D eigenvalue weighted by molar-refractivity contribution is 6.31. The minimum absolute atomic E-state index is 0.0957. The SMILES string of the molecule is CC(C)(C)NC(=O)[C@@H](Cl)C(C)(C)C. The summed E-state index contributed by atoms with van der Waals surface area (Å²) in [7, 11) is 0. The largest absolute Gasteiger partial charge is 0.350 e. The van der Waals surface area contributed by atoms with E-state index in [-0.39, 0.29) is 16.9 Å². The molecule has 0 unspecified atom stereocenters. The molecule has 3 heteroatoms. The van der Waals surface area contributed by atoms with Crippen LogP contribution >= 0.6 is 11.6 Å². The van der Waals surface area contributed by atoms with Gasteiger partial charge in [-0.05, 0) is 26.2 Å². The van der Waals surface area contributed by atoms with Crippen molar-refractivity contribution < 1.29 is 4.79 Å². The molecule has 78 valence electrons. The highest BCUT2D eigenvalue weighted by atomic mass is 35.5. The fourth-order valence-electron chi connectivity index (χ4n) is 0.826. The molecule has 1 atom stereocenters. The van der Waals surface area contributed by atoms with Gasteiger partial charge >= 0.3 is 0 Å². The predicted octanol–water partition coefficient (Wildman–Crippen LogP) is 2.55. The van der Waals surface area contributed by atoms with Crippen molar-refractivity contribution in [2.75, 3.05) is 0 Å². The number of alkyl halides is 1. The van der Waals surface area contributed by atoms with Gasteiger partial charge in [0.1, 0.15) is 5.38 Å². The molecule has 0 bridgehead atoms. The van der Waals surface area contributed by atoms with Gasteiger partial charge < -0.3 is 5.32 Å². The normalized spacial score (nSPS) is 15.3. The van der Waals surface area contributed by atoms with Crippen LogP contribution in [-0.2, 0) is 4.79 Å². The Balaban J connectivity index is 4.30. The average molecular weight is 206 g/mol. The van der Waals surface area contributed by atoms with Crippen molar-refractivity contribution in [1.29, 1.82) is 0 Å². The molecule has 1 N–H and O–H groups in total. The van der Waals surface area contributed by atoms with Crippen LogP contribution in [0.1, 0.15) is 41.5 Å². The van der Waals surface area contributed by atoms with Gasteiger partial charge in [-0.25, -0.2) is 0 Å². The summed E-state index contributed by atoms with van der Waals surface area (Å²) >= 11 is 6.00. The van der Waals surface area contributed by atoms with E-state index in [0.717, 1.165) is 0 Å². The lowest BCUT2D eigenvalue weighted by Crippen LogP contribution is -2.47. The number of halogens is 1. The molecule has 0 aliphatic carbocycles. The molecule has 13 heavy (non-hydrogen) atoms. The van der Waals surface area contributed by atoms with Crippen molar-refractivity contribution in [3.05, 3.63) is 0 Å². The Morgan fingerprint density at radius 1 is 1.15 bits per heavy atom. The van der Waals surface area contributed by atoms with E-state index in [1.165, 1.54) is 0 Å². The number of nitrogens with one attached hydrogen (secondary N) is 1. The number of carbonyl (C=O) groups is 1. The van der Waals surface area contributed by atoms with E-state index in [1.807, 2.05) is 41.5 Å². The summed E-state index contributed by atoms with van der Waals surface area (Å²) in [4.78, 5) is 11.6. The van der Waals surface area contributed by atoms with Gasteiger partial charge in [0, 0.05) is 5.54 Å². The quantitative estimate of drug-likeness (QED) is 0.655. The van der Waals surface area contributed by atoms with Gasteiger partial charge in [-0.15, -0.1) is 11.6 Å². The third-order valence-corrected chi connectivity index (χ3v) is 2.34. The molecule has 0 rings (SSSR count). The Bertz CT molecular complexity index is 188. The van der Waals surface area contributed by atoms with Crippen molar-refractivity contribution in [1.82, 2.24) is 5.32 Å². The van der Waals surface area contributed by atoms with Crippen LogP contribution in [0.4, 0.5) is 0 Å². The molecule has 1 amide bonds. The fraction of sp³-hybridized carbons (Fsp3) is 0.900. The maximum Gasteiger partial charge on any atom is 0.238 e. The van der Waals surface area contributed by atoms with Crippen molar-refractivity contribution in [3.8, 4) is 0 Å². The van der Waals surface area contributed by atoms with Gasteiger partial charge in [0.2, 0.25) is 5.91 Å². The average Bonchev–Trinajstić information content (AvgIpc) is 1.79. The van der Waals surface area contributed by atoms with Gasteiger partial charge in [-0.3, -0.25) is 4.79 Å². The molecule has 0 fully saturated rings. The zero-order chi connectivity index (χ0) is 10.9. The van der Waals surface area contributed by atoms with Crippen molar-refractivity contribution in [2.24, 2.45) is 5.41 Å². The maximum atomic E-state index is 11.6. The summed E-state index contributed by atoms with van der Waals surface area (Å²) in [6, 6.07) is 0. The summed E-state index contributed by atoms with van der Waals surface area (Å²) < 4.78 is 0. The standard InChI is InChI=1S/C10H20ClNO/c1-9(2,3)7(11)8(13)12-10(4,5)6/h7H,1-6H3,(H,12,13)/t7-/m1/s1. The molecule has 0 aliphatic rings. The van der Waals surface area contributed by atoms with E-state index >= 15 is 0 Å². The number of hydrogen-bond acceptors (Lipinski definition) is 1. The Morgan fingerprint density at radius 2 is 1.54 bits per heavy atom. The number of rotatable bonds is 1. The van der Waals surface area contributed by atoms with Gasteiger partial charge in [-0.2, -0.15) is 0 Å². The van der Waals surface area contributed by atoms with Crippen LogP contribution in [0.15, 0.2) is 0 Å². The number of carbonyl (C=O) groups excluding carboxylic acids is 1. The first kappa shape index (κ1) is 12.8. The van der Waals surface area contributed by atoms with Crippen LogP contribution in [0.3, 0.4) is 0 Å². The second kappa shape index (κ2) is 3.87. The molecule has 0 aromatic rings. The second-order valence-electron chi connectivity index (χ2n) is 5.47. The Kier molecular flexibility index (Phi) is 3.80. The molecule has 0 saturated heterocycles. The lowest BCUT2D eigenvalue weighted by molar-refractivity contribution is -0.123. The van der Waals surface area contributed by atoms with E-state index in [2.05, 4.69) is 5.32 Å². The van der Waals surface area contributed by atoms with Gasteiger partial charge in [0.25, 0.3) is 0 Å². The molecule has 0 aromatic heterocycles. The van der Waals surface area contributed by atoms with Crippen LogP contribution in [0.5, 0.6) is 0 Å². The number of hydrogen-bond donors (Lipinski definition) is 1. The highest BCUT2D eigenvalue weighted by Crippen LogP contribution is 2.24. The topological polar surface area (TPSA) is 29.1 Å². The monoisotopic (exact) mass is 205 g/mol. The lowest BCUT2D eigenvalue weighted by atomic mass is 9.90. The van der Waals surface area contributed by atoms with Crippen LogP contribution < -0.4 is 5.32 Å². The zero-order valence-corrected chi connectivity index (χ0v) is 10.1. The smallest absolute Gasteiger partial charge is 0.238 e. The molecule has 0 heterocycles. The molecule has 0 saturated carbocycles. The molecular weight excluding hydrogens is 186 g/mol. The second-order valence-corrected chi connectivity index (χ2v) is 5.90. The molecular formula is C10H20ClNO. The van der Waals surface area contributed by atoms with Gasteiger partial charge in [0.15, 0.2) is 0 Å². The summed E-state index contributed by atoms with van der Waals surface area (Å²) in [6.07, 6.45) is 0. The molecule has 0 radical (unpaired) electrons. The van der Waals surface area contributed by atoms with Crippen molar-refractivity contribution in [2.45, 2.75) is 52.5 Å². The molecule has 0 aliphatic heterocycles. The minimum Gasteiger partial charge on any atom is -0.350 e. The molecule has 0 aromatic carbocycles. The predicted molar refractivity (Wildman–Crippen MR) is 57.0 cm³/mol. The first-order valence-electron chi connectivity index (χ1n) is 4.50. The van der Waals surface area contributed by atoms with E-state index in [4.69, 9.17) is 11.6 Å². The highest BCUT2D eigenvalue weighted by Gasteiger charge is 2.30. The lowest BCUT2D eigenvalue weighted by Gasteiger charge is -2.28. The van der Waals surface area contributed by atoms with E-state index in [0.29, 0.717) is 0 Å². The van der Waals surface area contributed by atoms with E-state index < -0.39 is 5.38 Å². The maximum absolute atomic E-state index is 11.6. The van der Waals surface area contributed by atoms with E-state index in [9.17, 15) is 4.79 Å². The van der Waals surface area contributed by atoms with Gasteiger partial charge in [0.05, 0.1) is 0 Å². The third-order valence-electron chi connectivity index (χ3n) is 1.49. The first-order chi connectivity index (χ1) is 5.54. The zero-order valence-electron chi connectivity index (χ0n) is 9.36. The van der Waals surface area contributed by atoms with E-state index in [1.54, 1.807) is 0 Å². The van der Waals surface area contributed by atoms with Crippen molar-refractivity contribution >= 4 is 17.5 Å². The Morgan fingerprint density at radius 3 is 1.77 bits per heavy atom. The minimum atomic E-state index is -0.480. The number of amides is 1. The van der Waals surface area contributed by atoms with Crippen LogP contribution in [0.25, 0.3) is 0 Å². The Hall–Kier alpha value is -0.240. The van der Waals surface area contributed by atoms with Crippen LogP contribution in [-0.4, -0.2) is 16.8 Å². The Labute approximate surface area is 86.0 Å². The van der Waals surface area contributed by atoms with Crippen LogP contribution in [0, 0.1) is 5.41 Å². The summed E-state index contributed by atoms with van der Waals surface area (Å²) in [5, 5.41) is 2.37. The third kappa shape index (κ3) is 5.14. The molecule has 0 spiro atoms. The van der Waals surface area contributed by atoms with Gasteiger partial charge in [-0.1, -0.05) is 20.8 Å². The summed E-state index contributed by atoms with van der Waals surface area (Å²) in [5.74, 6) is -0.0957. The summed E-state index contributed by atoms with van der Waals surface area (Å²) in [5.41, 5.74) is -0.410. The first-order valence-corrected chi connectivity index (χ1v) is 4.94. The van der Waals surface area contributed by atoms with Crippen molar-refractivity contribution in [3.63, 3.8) is 0 Å². The summed E-state index contributed by atoms with van der Waals surface area (Å²) in [6.45, 7) is 11.7. The molecule has 2 nitrogen and oxygen atoms in total. The fourth-order valence-corrected chi connectivity index (χ4v) is 0.881.